The van der Waals surface area contributed by atoms with Gasteiger partial charge in [0.2, 0.25) is 21.8 Å². The normalized spacial score (nSPS) is 11.6. The van der Waals surface area contributed by atoms with E-state index in [0.717, 1.165) is 12.1 Å². The Labute approximate surface area is 128 Å². The molecule has 21 heavy (non-hydrogen) atoms. The van der Waals surface area contributed by atoms with Crippen molar-refractivity contribution in [3.05, 3.63) is 22.4 Å². The number of sulfonamides is 1. The Morgan fingerprint density at radius 1 is 1.19 bits per heavy atom. The summed E-state index contributed by atoms with van der Waals surface area (Å²) in [5.74, 6) is -2.73. The predicted octanol–water partition coefficient (Wildman–Crippen LogP) is -0.868. The van der Waals surface area contributed by atoms with Gasteiger partial charge in [-0.3, -0.25) is 9.59 Å². The molecule has 1 aromatic rings. The van der Waals surface area contributed by atoms with Crippen LogP contribution in [0.4, 0.5) is 10.1 Å². The highest BCUT2D eigenvalue weighted by molar-refractivity contribution is 9.10. The number of hydrogen-bond donors (Lipinski definition) is 3. The summed E-state index contributed by atoms with van der Waals surface area (Å²) >= 11 is 2.83. The van der Waals surface area contributed by atoms with Gasteiger partial charge in [-0.05, 0) is 28.1 Å². The van der Waals surface area contributed by atoms with Crippen molar-refractivity contribution in [2.75, 3.05) is 18.8 Å². The van der Waals surface area contributed by atoms with Gasteiger partial charge in [0.25, 0.3) is 0 Å². The molecule has 0 aromatic heterocycles. The van der Waals surface area contributed by atoms with E-state index >= 15 is 0 Å². The summed E-state index contributed by atoms with van der Waals surface area (Å²) in [6.07, 6.45) is 0. The number of amides is 2. The summed E-state index contributed by atoms with van der Waals surface area (Å²) in [5, 5.41) is 0. The highest BCUT2D eigenvalue weighted by atomic mass is 79.9. The molecule has 0 radical (unpaired) electrons. The minimum Gasteiger partial charge on any atom is -0.398 e. The van der Waals surface area contributed by atoms with Gasteiger partial charge in [-0.1, -0.05) is 0 Å². The topological polar surface area (TPSA) is 150 Å². The maximum Gasteiger partial charge on any atom is 0.246 e. The van der Waals surface area contributed by atoms with Crippen molar-refractivity contribution in [2.24, 2.45) is 11.5 Å². The largest absolute Gasteiger partial charge is 0.398 e. The summed E-state index contributed by atoms with van der Waals surface area (Å²) in [6, 6.07) is 1.72. The van der Waals surface area contributed by atoms with Crippen LogP contribution in [0.2, 0.25) is 0 Å². The molecule has 0 aliphatic heterocycles. The number of nitrogens with two attached hydrogens (primary N) is 3. The molecule has 1 rings (SSSR count). The van der Waals surface area contributed by atoms with E-state index in [-0.39, 0.29) is 10.2 Å². The SMILES string of the molecule is NC(=O)CN(CC(N)=O)S(=O)(=O)c1cc(Br)c(F)cc1N. The summed E-state index contributed by atoms with van der Waals surface area (Å²) in [4.78, 5) is 21.4. The third-order valence-corrected chi connectivity index (χ3v) is 4.79. The van der Waals surface area contributed by atoms with Crippen LogP contribution in [0.3, 0.4) is 0 Å². The first-order valence-corrected chi connectivity index (χ1v) is 7.60. The van der Waals surface area contributed by atoms with Gasteiger partial charge in [-0.15, -0.1) is 0 Å². The monoisotopic (exact) mass is 382 g/mol. The Morgan fingerprint density at radius 2 is 1.67 bits per heavy atom. The summed E-state index contributed by atoms with van der Waals surface area (Å²) < 4.78 is 38.4. The molecule has 11 heteroatoms. The van der Waals surface area contributed by atoms with Crippen LogP contribution in [-0.4, -0.2) is 37.6 Å². The molecular formula is C10H12BrFN4O4S. The molecule has 8 nitrogen and oxygen atoms in total. The fourth-order valence-electron chi connectivity index (χ4n) is 1.48. The maximum absolute atomic E-state index is 13.3. The maximum atomic E-state index is 13.3. The van der Waals surface area contributed by atoms with E-state index in [1.807, 2.05) is 0 Å². The second-order valence-electron chi connectivity index (χ2n) is 4.01. The van der Waals surface area contributed by atoms with Crippen molar-refractivity contribution in [1.29, 1.82) is 0 Å². The van der Waals surface area contributed by atoms with Gasteiger partial charge in [0.1, 0.15) is 10.7 Å². The van der Waals surface area contributed by atoms with E-state index < -0.39 is 45.6 Å². The number of nitrogens with zero attached hydrogens (tertiary/aromatic N) is 1. The quantitative estimate of drug-likeness (QED) is 0.546. The van der Waals surface area contributed by atoms with Crippen molar-refractivity contribution < 1.29 is 22.4 Å². The highest BCUT2D eigenvalue weighted by Gasteiger charge is 2.30. The van der Waals surface area contributed by atoms with Crippen LogP contribution in [0.25, 0.3) is 0 Å². The zero-order chi connectivity index (χ0) is 16.4. The first-order chi connectivity index (χ1) is 9.55. The van der Waals surface area contributed by atoms with Gasteiger partial charge in [-0.2, -0.15) is 4.31 Å². The smallest absolute Gasteiger partial charge is 0.246 e. The number of carbonyl (C=O) groups excluding carboxylic acids is 2. The molecule has 0 heterocycles. The Bertz CT molecular complexity index is 679. The minimum atomic E-state index is -4.35. The van der Waals surface area contributed by atoms with Crippen LogP contribution < -0.4 is 17.2 Å². The Morgan fingerprint density at radius 3 is 2.10 bits per heavy atom. The average molecular weight is 383 g/mol. The van der Waals surface area contributed by atoms with E-state index in [9.17, 15) is 22.4 Å². The summed E-state index contributed by atoms with van der Waals surface area (Å²) in [6.45, 7) is -1.53. The minimum absolute atomic E-state index is 0.145. The highest BCUT2D eigenvalue weighted by Crippen LogP contribution is 2.28. The third-order valence-electron chi connectivity index (χ3n) is 2.33. The molecule has 0 aliphatic rings. The van der Waals surface area contributed by atoms with Crippen molar-refractivity contribution >= 4 is 43.5 Å². The number of nitrogen functional groups attached to an aromatic ring is 1. The molecule has 0 bridgehead atoms. The second-order valence-corrected chi connectivity index (χ2v) is 6.77. The first-order valence-electron chi connectivity index (χ1n) is 5.37. The lowest BCUT2D eigenvalue weighted by Crippen LogP contribution is -2.43. The van der Waals surface area contributed by atoms with Gasteiger partial charge < -0.3 is 17.2 Å². The van der Waals surface area contributed by atoms with E-state index in [1.54, 1.807) is 0 Å². The number of primary amides is 2. The number of halogens is 2. The molecule has 0 saturated heterocycles. The molecule has 1 aromatic carbocycles. The molecule has 0 saturated carbocycles. The lowest BCUT2D eigenvalue weighted by molar-refractivity contribution is -0.120. The zero-order valence-corrected chi connectivity index (χ0v) is 12.9. The standard InChI is InChI=1S/C10H12BrFN4O4S/c11-5-1-8(7(13)2-6(5)12)21(19,20)16(3-9(14)17)4-10(15)18/h1-2H,3-4,13H2,(H2,14,17)(H2,15,18). The molecule has 0 spiro atoms. The van der Waals surface area contributed by atoms with Crippen molar-refractivity contribution in [1.82, 2.24) is 4.31 Å². The van der Waals surface area contributed by atoms with Crippen LogP contribution in [0.5, 0.6) is 0 Å². The van der Waals surface area contributed by atoms with E-state index in [0.29, 0.717) is 4.31 Å². The third kappa shape index (κ3) is 4.12. The van der Waals surface area contributed by atoms with E-state index in [1.165, 1.54) is 0 Å². The van der Waals surface area contributed by atoms with Crippen LogP contribution in [0, 0.1) is 5.82 Å². The first kappa shape index (κ1) is 17.3. The molecule has 0 atom stereocenters. The van der Waals surface area contributed by atoms with Gasteiger partial charge in [0.05, 0.1) is 23.2 Å². The molecule has 116 valence electrons. The lowest BCUT2D eigenvalue weighted by atomic mass is 10.3. The Hall–Kier alpha value is -1.72. The van der Waals surface area contributed by atoms with Gasteiger partial charge in [0, 0.05) is 0 Å². The van der Waals surface area contributed by atoms with Crippen LogP contribution >= 0.6 is 15.9 Å². The molecule has 0 unspecified atom stereocenters. The second kappa shape index (κ2) is 6.37. The Balaban J connectivity index is 3.38. The van der Waals surface area contributed by atoms with Crippen molar-refractivity contribution in [3.8, 4) is 0 Å². The zero-order valence-electron chi connectivity index (χ0n) is 10.5. The lowest BCUT2D eigenvalue weighted by Gasteiger charge is -2.20. The molecular weight excluding hydrogens is 371 g/mol. The van der Waals surface area contributed by atoms with Gasteiger partial charge in [-0.25, -0.2) is 12.8 Å². The van der Waals surface area contributed by atoms with Crippen molar-refractivity contribution in [3.63, 3.8) is 0 Å². The molecule has 0 fully saturated rings. The summed E-state index contributed by atoms with van der Waals surface area (Å²) in [7, 11) is -4.35. The fraction of sp³-hybridized carbons (Fsp3) is 0.200. The molecule has 6 N–H and O–H groups in total. The average Bonchev–Trinajstić information content (AvgIpc) is 2.31. The molecule has 0 aliphatic carbocycles. The van der Waals surface area contributed by atoms with Crippen molar-refractivity contribution in [2.45, 2.75) is 4.90 Å². The number of rotatable bonds is 6. The number of carbonyl (C=O) groups is 2. The van der Waals surface area contributed by atoms with E-state index in [4.69, 9.17) is 17.2 Å². The van der Waals surface area contributed by atoms with Crippen LogP contribution in [-0.2, 0) is 19.6 Å². The number of anilines is 1. The predicted molar refractivity (Wildman–Crippen MR) is 75.7 cm³/mol. The Kier molecular flexibility index (Phi) is 5.25. The van der Waals surface area contributed by atoms with Gasteiger partial charge in [0.15, 0.2) is 0 Å². The van der Waals surface area contributed by atoms with E-state index in [2.05, 4.69) is 15.9 Å². The van der Waals surface area contributed by atoms with Crippen LogP contribution in [0.1, 0.15) is 0 Å². The fourth-order valence-corrected chi connectivity index (χ4v) is 3.47. The number of benzene rings is 1. The molecule has 2 amide bonds. The number of hydrogen-bond acceptors (Lipinski definition) is 5. The summed E-state index contributed by atoms with van der Waals surface area (Å²) in [5.41, 5.74) is 15.0. The van der Waals surface area contributed by atoms with Crippen LogP contribution in [0.15, 0.2) is 21.5 Å². The van der Waals surface area contributed by atoms with Gasteiger partial charge >= 0.3 is 0 Å².